The summed E-state index contributed by atoms with van der Waals surface area (Å²) in [7, 11) is 0. The smallest absolute Gasteiger partial charge is 0.239 e. The molecule has 0 spiro atoms. The van der Waals surface area contributed by atoms with Gasteiger partial charge in [0.1, 0.15) is 0 Å². The van der Waals surface area contributed by atoms with Crippen molar-refractivity contribution in [2.75, 3.05) is 13.1 Å². The van der Waals surface area contributed by atoms with E-state index in [0.717, 1.165) is 12.8 Å². The van der Waals surface area contributed by atoms with Crippen molar-refractivity contribution in [3.8, 4) is 0 Å². The fourth-order valence-electron chi connectivity index (χ4n) is 1.95. The number of rotatable bonds is 7. The van der Waals surface area contributed by atoms with Crippen molar-refractivity contribution in [3.63, 3.8) is 0 Å². The first kappa shape index (κ1) is 17.1. The largest absolute Gasteiger partial charge is 0.388 e. The van der Waals surface area contributed by atoms with Crippen LogP contribution in [0.25, 0.3) is 0 Å². The first-order valence-electron chi connectivity index (χ1n) is 7.11. The number of aliphatic hydroxyl groups excluding tert-OH is 1. The summed E-state index contributed by atoms with van der Waals surface area (Å²) in [4.78, 5) is 23.2. The monoisotopic (exact) mass is 344 g/mol. The lowest BCUT2D eigenvalue weighted by molar-refractivity contribution is -0.127. The van der Waals surface area contributed by atoms with E-state index >= 15 is 0 Å². The molecule has 0 bridgehead atoms. The van der Waals surface area contributed by atoms with E-state index in [4.69, 9.17) is 23.2 Å². The number of aliphatic hydroxyl groups is 1. The zero-order valence-electron chi connectivity index (χ0n) is 11.9. The Morgan fingerprint density at radius 3 is 2.36 bits per heavy atom. The molecule has 7 heteroatoms. The number of hydrogen-bond acceptors (Lipinski definition) is 3. The van der Waals surface area contributed by atoms with E-state index in [1.165, 1.54) is 0 Å². The molecule has 1 atom stereocenters. The summed E-state index contributed by atoms with van der Waals surface area (Å²) in [5.41, 5.74) is 0.464. The topological polar surface area (TPSA) is 78.4 Å². The van der Waals surface area contributed by atoms with Gasteiger partial charge in [0.2, 0.25) is 11.8 Å². The van der Waals surface area contributed by atoms with Crippen molar-refractivity contribution in [2.24, 2.45) is 5.92 Å². The predicted molar refractivity (Wildman–Crippen MR) is 84.8 cm³/mol. The Kier molecular flexibility index (Phi) is 6.06. The van der Waals surface area contributed by atoms with Crippen molar-refractivity contribution in [2.45, 2.75) is 25.4 Å². The van der Waals surface area contributed by atoms with Gasteiger partial charge in [-0.2, -0.15) is 0 Å². The quantitative estimate of drug-likeness (QED) is 0.708. The van der Waals surface area contributed by atoms with E-state index in [9.17, 15) is 14.7 Å². The first-order valence-corrected chi connectivity index (χ1v) is 7.87. The van der Waals surface area contributed by atoms with Crippen LogP contribution in [0.4, 0.5) is 0 Å². The normalized spacial score (nSPS) is 15.2. The highest BCUT2D eigenvalue weighted by Gasteiger charge is 2.21. The van der Waals surface area contributed by atoms with Crippen LogP contribution >= 0.6 is 23.2 Å². The van der Waals surface area contributed by atoms with E-state index in [1.807, 2.05) is 0 Å². The van der Waals surface area contributed by atoms with Crippen molar-refractivity contribution in [3.05, 3.63) is 33.8 Å². The molecule has 120 valence electrons. The van der Waals surface area contributed by atoms with Gasteiger partial charge in [0.25, 0.3) is 0 Å². The molecule has 0 radical (unpaired) electrons. The van der Waals surface area contributed by atoms with Crippen LogP contribution in [0.1, 0.15) is 30.9 Å². The van der Waals surface area contributed by atoms with Crippen LogP contribution in [0, 0.1) is 5.92 Å². The summed E-state index contributed by atoms with van der Waals surface area (Å²) in [6.45, 7) is 0.576. The summed E-state index contributed by atoms with van der Waals surface area (Å²) in [6, 6.07) is 4.64. The summed E-state index contributed by atoms with van der Waals surface area (Å²) in [5.74, 6) is -0.0419. The predicted octanol–water partition coefficient (Wildman–Crippen LogP) is 2.06. The second-order valence-corrected chi connectivity index (χ2v) is 6.32. The van der Waals surface area contributed by atoms with Crippen LogP contribution in [-0.4, -0.2) is 30.0 Å². The molecule has 0 heterocycles. The highest BCUT2D eigenvalue weighted by atomic mass is 35.5. The molecule has 1 saturated carbocycles. The maximum absolute atomic E-state index is 11.7. The van der Waals surface area contributed by atoms with Gasteiger partial charge in [-0.05, 0) is 42.5 Å². The van der Waals surface area contributed by atoms with Crippen LogP contribution in [0.15, 0.2) is 18.2 Å². The van der Waals surface area contributed by atoms with Gasteiger partial charge in [-0.1, -0.05) is 23.2 Å². The Morgan fingerprint density at radius 2 is 1.77 bits per heavy atom. The number of halogens is 2. The number of nitrogens with one attached hydrogen (secondary N) is 2. The molecule has 0 aromatic heterocycles. The van der Waals surface area contributed by atoms with Gasteiger partial charge < -0.3 is 15.7 Å². The second kappa shape index (κ2) is 7.81. The first-order chi connectivity index (χ1) is 10.4. The Bertz CT molecular complexity index is 541. The van der Waals surface area contributed by atoms with E-state index < -0.39 is 12.0 Å². The molecule has 1 aliphatic rings. The highest BCUT2D eigenvalue weighted by molar-refractivity contribution is 6.34. The number of amides is 2. The minimum atomic E-state index is -1.02. The van der Waals surface area contributed by atoms with Gasteiger partial charge in [-0.3, -0.25) is 9.59 Å². The lowest BCUT2D eigenvalue weighted by atomic mass is 10.1. The van der Waals surface area contributed by atoms with E-state index in [-0.39, 0.29) is 18.9 Å². The number of carbonyl (C=O) groups excluding carboxylic acids is 2. The van der Waals surface area contributed by atoms with Crippen molar-refractivity contribution in [1.82, 2.24) is 10.6 Å². The third-order valence-corrected chi connectivity index (χ3v) is 3.82. The standard InChI is InChI=1S/C15H18Cl2N2O3/c16-11-3-10(4-12(17)5-11)13(20)6-14(21)19-8-15(22)18-7-9-1-2-9/h3-5,9,13,20H,1-2,6-8H2,(H,18,22)(H,19,21). The molecule has 0 saturated heterocycles. The second-order valence-electron chi connectivity index (χ2n) is 5.45. The summed E-state index contributed by atoms with van der Waals surface area (Å²) < 4.78 is 0. The Labute approximate surface area is 139 Å². The molecule has 5 nitrogen and oxygen atoms in total. The molecule has 0 aliphatic heterocycles. The minimum Gasteiger partial charge on any atom is -0.388 e. The average molecular weight is 345 g/mol. The summed E-state index contributed by atoms with van der Waals surface area (Å²) >= 11 is 11.7. The average Bonchev–Trinajstić information content (AvgIpc) is 3.26. The zero-order valence-corrected chi connectivity index (χ0v) is 13.5. The van der Waals surface area contributed by atoms with Crippen LogP contribution in [0.2, 0.25) is 10.0 Å². The van der Waals surface area contributed by atoms with Gasteiger partial charge in [-0.15, -0.1) is 0 Å². The summed E-state index contributed by atoms with van der Waals surface area (Å²) in [6.07, 6.45) is 1.12. The molecule has 1 aliphatic carbocycles. The molecule has 22 heavy (non-hydrogen) atoms. The minimum absolute atomic E-state index is 0.0887. The lowest BCUT2D eigenvalue weighted by Crippen LogP contribution is -2.38. The SMILES string of the molecule is O=C(CNC(=O)CC(O)c1cc(Cl)cc(Cl)c1)NCC1CC1. The number of benzene rings is 1. The lowest BCUT2D eigenvalue weighted by Gasteiger charge is -2.12. The maximum Gasteiger partial charge on any atom is 0.239 e. The molecule has 1 unspecified atom stereocenters. The van der Waals surface area contributed by atoms with E-state index in [1.54, 1.807) is 18.2 Å². The zero-order chi connectivity index (χ0) is 16.1. The van der Waals surface area contributed by atoms with Crippen molar-refractivity contribution in [1.29, 1.82) is 0 Å². The highest BCUT2D eigenvalue weighted by Crippen LogP contribution is 2.27. The van der Waals surface area contributed by atoms with E-state index in [2.05, 4.69) is 10.6 Å². The fraction of sp³-hybridized carbons (Fsp3) is 0.467. The Hall–Kier alpha value is -1.30. The van der Waals surface area contributed by atoms with Gasteiger partial charge in [0.05, 0.1) is 19.1 Å². The molecular formula is C15H18Cl2N2O3. The molecule has 2 rings (SSSR count). The van der Waals surface area contributed by atoms with Crippen LogP contribution in [-0.2, 0) is 9.59 Å². The van der Waals surface area contributed by atoms with Gasteiger partial charge in [-0.25, -0.2) is 0 Å². The maximum atomic E-state index is 11.7. The number of hydrogen-bond donors (Lipinski definition) is 3. The van der Waals surface area contributed by atoms with E-state index in [0.29, 0.717) is 28.1 Å². The van der Waals surface area contributed by atoms with Gasteiger partial charge >= 0.3 is 0 Å². The van der Waals surface area contributed by atoms with Crippen molar-refractivity contribution >= 4 is 35.0 Å². The molecule has 1 fully saturated rings. The van der Waals surface area contributed by atoms with Gasteiger partial charge in [0.15, 0.2) is 0 Å². The van der Waals surface area contributed by atoms with Crippen molar-refractivity contribution < 1.29 is 14.7 Å². The third-order valence-electron chi connectivity index (χ3n) is 3.38. The number of carbonyl (C=O) groups is 2. The molecule has 1 aromatic rings. The Morgan fingerprint density at radius 1 is 1.14 bits per heavy atom. The molecule has 1 aromatic carbocycles. The Balaban J connectivity index is 1.74. The molecular weight excluding hydrogens is 327 g/mol. The van der Waals surface area contributed by atoms with Gasteiger partial charge in [0, 0.05) is 16.6 Å². The fourth-order valence-corrected chi connectivity index (χ4v) is 2.50. The molecule has 2 amide bonds. The van der Waals surface area contributed by atoms with Crippen LogP contribution in [0.5, 0.6) is 0 Å². The third kappa shape index (κ3) is 5.83. The van der Waals surface area contributed by atoms with Crippen LogP contribution < -0.4 is 10.6 Å². The summed E-state index contributed by atoms with van der Waals surface area (Å²) in [5, 5.41) is 16.0. The molecule has 3 N–H and O–H groups in total. The van der Waals surface area contributed by atoms with Crippen LogP contribution in [0.3, 0.4) is 0 Å².